The number of rotatable bonds is 3. The summed E-state index contributed by atoms with van der Waals surface area (Å²) in [6, 6.07) is 8.91. The highest BCUT2D eigenvalue weighted by Gasteiger charge is 2.19. The number of anilines is 1. The van der Waals surface area contributed by atoms with Crippen molar-refractivity contribution in [2.75, 3.05) is 11.1 Å². The van der Waals surface area contributed by atoms with Gasteiger partial charge >= 0.3 is 0 Å². The van der Waals surface area contributed by atoms with Crippen molar-refractivity contribution in [1.29, 1.82) is 0 Å². The topological polar surface area (TPSA) is 24.4 Å². The van der Waals surface area contributed by atoms with Crippen LogP contribution in [0.1, 0.15) is 25.8 Å². The van der Waals surface area contributed by atoms with Crippen molar-refractivity contribution < 1.29 is 0 Å². The van der Waals surface area contributed by atoms with Crippen LogP contribution < -0.4 is 5.32 Å². The molecule has 0 bridgehead atoms. The number of amidine groups is 1. The molecule has 0 saturated carbocycles. The van der Waals surface area contributed by atoms with E-state index in [1.165, 1.54) is 12.0 Å². The molecule has 0 aliphatic carbocycles. The standard InChI is InChI=1S/C14H20N2S/c1-10(2)7-13-9-17-14(16-13)15-12-6-4-5-11(3)8-12/h4-6,8,10,13H,7,9H2,1-3H3,(H,15,16). The molecule has 0 fully saturated rings. The molecule has 1 N–H and O–H groups in total. The molecule has 1 heterocycles. The van der Waals surface area contributed by atoms with Gasteiger partial charge in [0.05, 0.1) is 6.04 Å². The Balaban J connectivity index is 1.96. The van der Waals surface area contributed by atoms with E-state index in [9.17, 15) is 0 Å². The minimum atomic E-state index is 0.493. The van der Waals surface area contributed by atoms with Crippen LogP contribution in [0.4, 0.5) is 5.69 Å². The lowest BCUT2D eigenvalue weighted by Crippen LogP contribution is -2.08. The Labute approximate surface area is 108 Å². The second-order valence-corrected chi connectivity index (χ2v) is 6.03. The molecule has 1 unspecified atom stereocenters. The molecule has 0 radical (unpaired) electrons. The highest BCUT2D eigenvalue weighted by molar-refractivity contribution is 8.14. The third-order valence-corrected chi connectivity index (χ3v) is 3.76. The molecule has 0 saturated heterocycles. The van der Waals surface area contributed by atoms with E-state index >= 15 is 0 Å². The second kappa shape index (κ2) is 5.58. The van der Waals surface area contributed by atoms with Crippen LogP contribution in [-0.4, -0.2) is 17.0 Å². The zero-order chi connectivity index (χ0) is 12.3. The van der Waals surface area contributed by atoms with Crippen LogP contribution in [0.3, 0.4) is 0 Å². The number of hydrogen-bond acceptors (Lipinski definition) is 3. The van der Waals surface area contributed by atoms with Gasteiger partial charge in [0.1, 0.15) is 0 Å². The van der Waals surface area contributed by atoms with Gasteiger partial charge in [-0.25, -0.2) is 0 Å². The van der Waals surface area contributed by atoms with Gasteiger partial charge in [0, 0.05) is 11.4 Å². The predicted molar refractivity (Wildman–Crippen MR) is 77.9 cm³/mol. The molecule has 92 valence electrons. The lowest BCUT2D eigenvalue weighted by atomic mass is 10.1. The van der Waals surface area contributed by atoms with Crippen molar-refractivity contribution in [3.8, 4) is 0 Å². The third-order valence-electron chi connectivity index (χ3n) is 2.73. The first-order valence-electron chi connectivity index (χ1n) is 6.18. The van der Waals surface area contributed by atoms with E-state index in [0.29, 0.717) is 6.04 Å². The van der Waals surface area contributed by atoms with Crippen molar-refractivity contribution in [1.82, 2.24) is 0 Å². The summed E-state index contributed by atoms with van der Waals surface area (Å²) < 4.78 is 0. The molecule has 3 heteroatoms. The number of nitrogens with one attached hydrogen (secondary N) is 1. The molecular weight excluding hydrogens is 228 g/mol. The Hall–Kier alpha value is -0.960. The van der Waals surface area contributed by atoms with Gasteiger partial charge in [0.15, 0.2) is 5.17 Å². The fourth-order valence-electron chi connectivity index (χ4n) is 2.00. The predicted octanol–water partition coefficient (Wildman–Crippen LogP) is 3.92. The highest BCUT2D eigenvalue weighted by Crippen LogP contribution is 2.24. The SMILES string of the molecule is Cc1cccc(NC2=NC(CC(C)C)CS2)c1. The number of thioether (sulfide) groups is 1. The second-order valence-electron chi connectivity index (χ2n) is 5.02. The molecule has 17 heavy (non-hydrogen) atoms. The van der Waals surface area contributed by atoms with E-state index < -0.39 is 0 Å². The van der Waals surface area contributed by atoms with Crippen LogP contribution in [0.15, 0.2) is 29.3 Å². The highest BCUT2D eigenvalue weighted by atomic mass is 32.2. The maximum atomic E-state index is 4.72. The summed E-state index contributed by atoms with van der Waals surface area (Å²) in [4.78, 5) is 4.72. The van der Waals surface area contributed by atoms with Crippen LogP contribution in [0.2, 0.25) is 0 Å². The Morgan fingerprint density at radius 2 is 2.29 bits per heavy atom. The summed E-state index contributed by atoms with van der Waals surface area (Å²) in [5, 5.41) is 4.47. The first-order valence-corrected chi connectivity index (χ1v) is 7.16. The fraction of sp³-hybridized carbons (Fsp3) is 0.500. The molecule has 1 aromatic rings. The maximum Gasteiger partial charge on any atom is 0.161 e. The lowest BCUT2D eigenvalue weighted by Gasteiger charge is -2.07. The zero-order valence-electron chi connectivity index (χ0n) is 10.7. The van der Waals surface area contributed by atoms with Gasteiger partial charge in [-0.3, -0.25) is 4.99 Å². The third kappa shape index (κ3) is 3.77. The van der Waals surface area contributed by atoms with E-state index in [0.717, 1.165) is 22.5 Å². The van der Waals surface area contributed by atoms with Crippen molar-refractivity contribution in [3.05, 3.63) is 29.8 Å². The number of aryl methyl sites for hydroxylation is 1. The number of nitrogens with zero attached hydrogens (tertiary/aromatic N) is 1. The van der Waals surface area contributed by atoms with Crippen LogP contribution in [0.5, 0.6) is 0 Å². The Morgan fingerprint density at radius 3 is 3.00 bits per heavy atom. The molecule has 2 nitrogen and oxygen atoms in total. The molecule has 1 aliphatic rings. The summed E-state index contributed by atoms with van der Waals surface area (Å²) in [6.45, 7) is 6.62. The number of aliphatic imine (C=N–C) groups is 1. The molecule has 1 aromatic carbocycles. The number of hydrogen-bond donors (Lipinski definition) is 1. The normalized spacial score (nSPS) is 19.5. The fourth-order valence-corrected chi connectivity index (χ4v) is 2.97. The van der Waals surface area contributed by atoms with Gasteiger partial charge in [-0.05, 0) is 37.0 Å². The molecular formula is C14H20N2S. The minimum absolute atomic E-state index is 0.493. The van der Waals surface area contributed by atoms with Crippen LogP contribution in [0, 0.1) is 12.8 Å². The smallest absolute Gasteiger partial charge is 0.161 e. The van der Waals surface area contributed by atoms with Crippen LogP contribution >= 0.6 is 11.8 Å². The monoisotopic (exact) mass is 248 g/mol. The van der Waals surface area contributed by atoms with Gasteiger partial charge in [0.25, 0.3) is 0 Å². The van der Waals surface area contributed by atoms with Gasteiger partial charge in [-0.15, -0.1) is 0 Å². The van der Waals surface area contributed by atoms with Gasteiger partial charge in [-0.1, -0.05) is 37.7 Å². The summed E-state index contributed by atoms with van der Waals surface area (Å²) in [6.07, 6.45) is 1.19. The van der Waals surface area contributed by atoms with E-state index in [1.807, 2.05) is 11.8 Å². The van der Waals surface area contributed by atoms with E-state index in [2.05, 4.69) is 50.4 Å². The van der Waals surface area contributed by atoms with E-state index in [1.54, 1.807) is 0 Å². The maximum absolute atomic E-state index is 4.72. The van der Waals surface area contributed by atoms with E-state index in [4.69, 9.17) is 4.99 Å². The van der Waals surface area contributed by atoms with Gasteiger partial charge in [0.2, 0.25) is 0 Å². The summed E-state index contributed by atoms with van der Waals surface area (Å²) in [5.41, 5.74) is 2.42. The zero-order valence-corrected chi connectivity index (χ0v) is 11.6. The first kappa shape index (κ1) is 12.5. The summed E-state index contributed by atoms with van der Waals surface area (Å²) >= 11 is 1.83. The van der Waals surface area contributed by atoms with Crippen molar-refractivity contribution in [3.63, 3.8) is 0 Å². The molecule has 0 spiro atoms. The average molecular weight is 248 g/mol. The molecule has 1 atom stereocenters. The summed E-state index contributed by atoms with van der Waals surface area (Å²) in [5.74, 6) is 1.84. The Morgan fingerprint density at radius 1 is 1.47 bits per heavy atom. The molecule has 1 aliphatic heterocycles. The van der Waals surface area contributed by atoms with Crippen LogP contribution in [-0.2, 0) is 0 Å². The van der Waals surface area contributed by atoms with Gasteiger partial charge in [-0.2, -0.15) is 0 Å². The summed E-state index contributed by atoms with van der Waals surface area (Å²) in [7, 11) is 0. The average Bonchev–Trinajstić information content (AvgIpc) is 2.64. The molecule has 0 amide bonds. The Bertz CT molecular complexity index is 412. The molecule has 0 aromatic heterocycles. The lowest BCUT2D eigenvalue weighted by molar-refractivity contribution is 0.529. The molecule has 2 rings (SSSR count). The first-order chi connectivity index (χ1) is 8.13. The van der Waals surface area contributed by atoms with Crippen LogP contribution in [0.25, 0.3) is 0 Å². The van der Waals surface area contributed by atoms with Crippen molar-refractivity contribution >= 4 is 22.6 Å². The van der Waals surface area contributed by atoms with E-state index in [-0.39, 0.29) is 0 Å². The van der Waals surface area contributed by atoms with Crippen molar-refractivity contribution in [2.24, 2.45) is 10.9 Å². The largest absolute Gasteiger partial charge is 0.335 e. The Kier molecular flexibility index (Phi) is 4.11. The van der Waals surface area contributed by atoms with Gasteiger partial charge < -0.3 is 5.32 Å². The minimum Gasteiger partial charge on any atom is -0.335 e. The number of benzene rings is 1. The van der Waals surface area contributed by atoms with Crippen molar-refractivity contribution in [2.45, 2.75) is 33.2 Å². The quantitative estimate of drug-likeness (QED) is 0.876.